The van der Waals surface area contributed by atoms with Gasteiger partial charge in [0.1, 0.15) is 11.8 Å². The Balaban J connectivity index is 2.87. The first-order chi connectivity index (χ1) is 7.95. The summed E-state index contributed by atoms with van der Waals surface area (Å²) in [7, 11) is 5.01. The molecule has 0 saturated heterocycles. The van der Waals surface area contributed by atoms with Crippen molar-refractivity contribution in [3.63, 3.8) is 0 Å². The van der Waals surface area contributed by atoms with Crippen LogP contribution in [-0.4, -0.2) is 38.1 Å². The van der Waals surface area contributed by atoms with Gasteiger partial charge in [0, 0.05) is 19.1 Å². The Kier molecular flexibility index (Phi) is 4.63. The molecule has 17 heavy (non-hydrogen) atoms. The summed E-state index contributed by atoms with van der Waals surface area (Å²) in [5, 5.41) is 3.68. The van der Waals surface area contributed by atoms with E-state index in [0.29, 0.717) is 16.5 Å². The van der Waals surface area contributed by atoms with Gasteiger partial charge in [-0.3, -0.25) is 4.79 Å². The van der Waals surface area contributed by atoms with Gasteiger partial charge < -0.3 is 15.0 Å². The number of likely N-dealkylation sites (N-methyl/N-ethyl adjacent to an activating group) is 1. The second-order valence-electron chi connectivity index (χ2n) is 3.94. The summed E-state index contributed by atoms with van der Waals surface area (Å²) in [6.07, 6.45) is 0. The van der Waals surface area contributed by atoms with Gasteiger partial charge >= 0.3 is 0 Å². The van der Waals surface area contributed by atoms with Crippen molar-refractivity contribution in [1.29, 1.82) is 0 Å². The lowest BCUT2D eigenvalue weighted by Crippen LogP contribution is -2.36. The Hall–Kier alpha value is -1.42. The van der Waals surface area contributed by atoms with Crippen LogP contribution in [0.25, 0.3) is 0 Å². The van der Waals surface area contributed by atoms with E-state index in [9.17, 15) is 4.79 Å². The summed E-state index contributed by atoms with van der Waals surface area (Å²) in [6.45, 7) is 1.79. The Morgan fingerprint density at radius 3 is 2.65 bits per heavy atom. The third kappa shape index (κ3) is 3.53. The molecule has 0 bridgehead atoms. The van der Waals surface area contributed by atoms with Crippen molar-refractivity contribution in [3.05, 3.63) is 23.2 Å². The largest absolute Gasteiger partial charge is 0.495 e. The average Bonchev–Trinajstić information content (AvgIpc) is 2.28. The van der Waals surface area contributed by atoms with Crippen LogP contribution in [-0.2, 0) is 4.79 Å². The van der Waals surface area contributed by atoms with Gasteiger partial charge in [-0.05, 0) is 25.1 Å². The molecule has 1 rings (SSSR count). The van der Waals surface area contributed by atoms with Crippen molar-refractivity contribution in [1.82, 2.24) is 4.90 Å². The van der Waals surface area contributed by atoms with Crippen LogP contribution in [0.3, 0.4) is 0 Å². The van der Waals surface area contributed by atoms with Crippen molar-refractivity contribution in [2.24, 2.45) is 0 Å². The maximum atomic E-state index is 11.7. The van der Waals surface area contributed by atoms with Gasteiger partial charge in [-0.15, -0.1) is 0 Å². The van der Waals surface area contributed by atoms with E-state index < -0.39 is 0 Å². The number of halogens is 1. The zero-order valence-electron chi connectivity index (χ0n) is 10.5. The van der Waals surface area contributed by atoms with Gasteiger partial charge in [-0.1, -0.05) is 11.6 Å². The molecule has 1 N–H and O–H groups in total. The number of hydrogen-bond acceptors (Lipinski definition) is 3. The Labute approximate surface area is 107 Å². The van der Waals surface area contributed by atoms with E-state index in [1.54, 1.807) is 46.3 Å². The van der Waals surface area contributed by atoms with Crippen LogP contribution in [0.15, 0.2) is 18.2 Å². The molecule has 0 aliphatic heterocycles. The van der Waals surface area contributed by atoms with Crippen LogP contribution in [0, 0.1) is 0 Å². The highest BCUT2D eigenvalue weighted by Gasteiger charge is 2.16. The van der Waals surface area contributed by atoms with Crippen LogP contribution < -0.4 is 10.1 Å². The second kappa shape index (κ2) is 5.77. The van der Waals surface area contributed by atoms with Crippen LogP contribution in [0.2, 0.25) is 5.02 Å². The molecule has 0 aliphatic carbocycles. The lowest BCUT2D eigenvalue weighted by atomic mass is 10.2. The van der Waals surface area contributed by atoms with Crippen molar-refractivity contribution >= 4 is 23.2 Å². The molecule has 0 aliphatic rings. The third-order valence-corrected chi connectivity index (χ3v) is 2.58. The van der Waals surface area contributed by atoms with Gasteiger partial charge in [0.25, 0.3) is 0 Å². The quantitative estimate of drug-likeness (QED) is 0.898. The van der Waals surface area contributed by atoms with E-state index in [1.807, 2.05) is 0 Å². The van der Waals surface area contributed by atoms with Crippen LogP contribution in [0.4, 0.5) is 5.69 Å². The summed E-state index contributed by atoms with van der Waals surface area (Å²) in [6, 6.07) is 4.90. The number of nitrogens with zero attached hydrogens (tertiary/aromatic N) is 1. The number of methoxy groups -OCH3 is 1. The summed E-state index contributed by atoms with van der Waals surface area (Å²) >= 11 is 5.91. The first-order valence-corrected chi connectivity index (χ1v) is 5.64. The van der Waals surface area contributed by atoms with Crippen molar-refractivity contribution in [2.75, 3.05) is 26.5 Å². The summed E-state index contributed by atoms with van der Waals surface area (Å²) < 4.78 is 5.20. The number of carbonyl (C=O) groups excluding carboxylic acids is 1. The molecule has 1 unspecified atom stereocenters. The fourth-order valence-corrected chi connectivity index (χ4v) is 1.65. The number of ether oxygens (including phenoxy) is 1. The molecule has 1 aromatic carbocycles. The molecule has 0 heterocycles. The maximum Gasteiger partial charge on any atom is 0.244 e. The van der Waals surface area contributed by atoms with Gasteiger partial charge in [0.05, 0.1) is 12.8 Å². The third-order valence-electron chi connectivity index (χ3n) is 2.34. The molecule has 0 aromatic heterocycles. The molecule has 4 nitrogen and oxygen atoms in total. The molecule has 0 saturated carbocycles. The van der Waals surface area contributed by atoms with E-state index in [-0.39, 0.29) is 11.9 Å². The number of hydrogen-bond donors (Lipinski definition) is 1. The number of amides is 1. The normalized spacial score (nSPS) is 11.8. The number of anilines is 1. The summed E-state index contributed by atoms with van der Waals surface area (Å²) in [5.74, 6) is 0.653. The van der Waals surface area contributed by atoms with E-state index >= 15 is 0 Å². The molecule has 94 valence electrons. The van der Waals surface area contributed by atoms with E-state index in [1.165, 1.54) is 4.90 Å². The first-order valence-electron chi connectivity index (χ1n) is 5.27. The standard InChI is InChI=1S/C12H17ClN2O2/c1-8(12(16)15(2)3)14-10-7-9(13)5-6-11(10)17-4/h5-8,14H,1-4H3. The zero-order valence-corrected chi connectivity index (χ0v) is 11.2. The van der Waals surface area contributed by atoms with Gasteiger partial charge in [0.15, 0.2) is 0 Å². The Morgan fingerprint density at radius 1 is 1.47 bits per heavy atom. The highest BCUT2D eigenvalue weighted by Crippen LogP contribution is 2.28. The molecule has 5 heteroatoms. The Morgan fingerprint density at radius 2 is 2.12 bits per heavy atom. The minimum absolute atomic E-state index is 0.00738. The van der Waals surface area contributed by atoms with Crippen molar-refractivity contribution in [3.8, 4) is 5.75 Å². The SMILES string of the molecule is COc1ccc(Cl)cc1NC(C)C(=O)N(C)C. The van der Waals surface area contributed by atoms with Crippen LogP contribution in [0.5, 0.6) is 5.75 Å². The first kappa shape index (κ1) is 13.6. The van der Waals surface area contributed by atoms with Gasteiger partial charge in [-0.25, -0.2) is 0 Å². The van der Waals surface area contributed by atoms with E-state index in [4.69, 9.17) is 16.3 Å². The van der Waals surface area contributed by atoms with Crippen molar-refractivity contribution in [2.45, 2.75) is 13.0 Å². The second-order valence-corrected chi connectivity index (χ2v) is 4.38. The number of nitrogens with one attached hydrogen (secondary N) is 1. The topological polar surface area (TPSA) is 41.6 Å². The minimum atomic E-state index is -0.336. The maximum absolute atomic E-state index is 11.7. The number of rotatable bonds is 4. The lowest BCUT2D eigenvalue weighted by Gasteiger charge is -2.20. The van der Waals surface area contributed by atoms with E-state index in [2.05, 4.69) is 5.32 Å². The predicted molar refractivity (Wildman–Crippen MR) is 69.8 cm³/mol. The molecule has 1 aromatic rings. The van der Waals surface area contributed by atoms with Crippen LogP contribution in [0.1, 0.15) is 6.92 Å². The van der Waals surface area contributed by atoms with E-state index in [0.717, 1.165) is 0 Å². The molecule has 0 radical (unpaired) electrons. The van der Waals surface area contributed by atoms with Crippen LogP contribution >= 0.6 is 11.6 Å². The molecular formula is C12H17ClN2O2. The minimum Gasteiger partial charge on any atom is -0.495 e. The smallest absolute Gasteiger partial charge is 0.244 e. The molecule has 1 atom stereocenters. The number of benzene rings is 1. The summed E-state index contributed by atoms with van der Waals surface area (Å²) in [5.41, 5.74) is 0.711. The number of carbonyl (C=O) groups is 1. The van der Waals surface area contributed by atoms with Crippen molar-refractivity contribution < 1.29 is 9.53 Å². The molecule has 1 amide bonds. The fraction of sp³-hybridized carbons (Fsp3) is 0.417. The van der Waals surface area contributed by atoms with Gasteiger partial charge in [0.2, 0.25) is 5.91 Å². The molecule has 0 spiro atoms. The molecular weight excluding hydrogens is 240 g/mol. The fourth-order valence-electron chi connectivity index (χ4n) is 1.48. The zero-order chi connectivity index (χ0) is 13.0. The highest BCUT2D eigenvalue weighted by atomic mass is 35.5. The Bertz CT molecular complexity index is 407. The lowest BCUT2D eigenvalue weighted by molar-refractivity contribution is -0.129. The molecule has 0 fully saturated rings. The monoisotopic (exact) mass is 256 g/mol. The highest BCUT2D eigenvalue weighted by molar-refractivity contribution is 6.30. The van der Waals surface area contributed by atoms with Gasteiger partial charge in [-0.2, -0.15) is 0 Å². The predicted octanol–water partition coefficient (Wildman–Crippen LogP) is 2.24. The average molecular weight is 257 g/mol. The summed E-state index contributed by atoms with van der Waals surface area (Å²) in [4.78, 5) is 13.3.